The van der Waals surface area contributed by atoms with Crippen LogP contribution >= 0.6 is 0 Å². The van der Waals surface area contributed by atoms with Crippen LogP contribution in [0.4, 0.5) is 5.69 Å². The van der Waals surface area contributed by atoms with Gasteiger partial charge in [0.1, 0.15) is 0 Å². The van der Waals surface area contributed by atoms with Gasteiger partial charge in [0.25, 0.3) is 15.9 Å². The van der Waals surface area contributed by atoms with Crippen LogP contribution in [0.2, 0.25) is 0 Å². The number of carbonyl (C=O) groups is 1. The molecule has 5 nitrogen and oxygen atoms in total. The Morgan fingerprint density at radius 3 is 2.40 bits per heavy atom. The van der Waals surface area contributed by atoms with Gasteiger partial charge in [0.05, 0.1) is 10.6 Å². The van der Waals surface area contributed by atoms with Gasteiger partial charge in [-0.3, -0.25) is 9.10 Å². The van der Waals surface area contributed by atoms with Crippen LogP contribution in [0.1, 0.15) is 36.7 Å². The lowest BCUT2D eigenvalue weighted by molar-refractivity contribution is 0.0919. The molecule has 0 spiro atoms. The Hall–Kier alpha value is -2.34. The van der Waals surface area contributed by atoms with Crippen molar-refractivity contribution in [2.24, 2.45) is 0 Å². The van der Waals surface area contributed by atoms with Crippen LogP contribution in [0.5, 0.6) is 0 Å². The van der Waals surface area contributed by atoms with Crippen molar-refractivity contribution in [1.82, 2.24) is 5.32 Å². The van der Waals surface area contributed by atoms with Gasteiger partial charge in [-0.2, -0.15) is 0 Å². The molecule has 1 heterocycles. The molecule has 0 aromatic heterocycles. The number of sulfonamides is 1. The highest BCUT2D eigenvalue weighted by atomic mass is 32.2. The van der Waals surface area contributed by atoms with E-state index in [1.807, 2.05) is 20.8 Å². The molecule has 132 valence electrons. The normalized spacial score (nSPS) is 14.3. The first-order valence-corrected chi connectivity index (χ1v) is 9.66. The molecule has 0 saturated heterocycles. The van der Waals surface area contributed by atoms with Crippen LogP contribution in [0.15, 0.2) is 53.4 Å². The monoisotopic (exact) mass is 358 g/mol. The van der Waals surface area contributed by atoms with Gasteiger partial charge in [-0.1, -0.05) is 18.2 Å². The highest BCUT2D eigenvalue weighted by molar-refractivity contribution is 7.92. The van der Waals surface area contributed by atoms with E-state index >= 15 is 0 Å². The van der Waals surface area contributed by atoms with E-state index in [1.54, 1.807) is 48.5 Å². The molecule has 1 N–H and O–H groups in total. The second-order valence-electron chi connectivity index (χ2n) is 7.19. The number of nitrogens with zero attached hydrogens (tertiary/aromatic N) is 1. The van der Waals surface area contributed by atoms with E-state index in [-0.39, 0.29) is 16.3 Å². The SMILES string of the molecule is CC(C)(C)NC(=O)c1ccc2c(c1)CCN2S(=O)(=O)c1ccccc1. The van der Waals surface area contributed by atoms with E-state index in [1.165, 1.54) is 4.31 Å². The Morgan fingerprint density at radius 1 is 1.08 bits per heavy atom. The van der Waals surface area contributed by atoms with Crippen LogP contribution in [0.3, 0.4) is 0 Å². The molecular weight excluding hydrogens is 336 g/mol. The summed E-state index contributed by atoms with van der Waals surface area (Å²) in [4.78, 5) is 12.6. The first-order valence-electron chi connectivity index (χ1n) is 8.22. The summed E-state index contributed by atoms with van der Waals surface area (Å²) in [5.74, 6) is -0.153. The number of benzene rings is 2. The molecule has 0 unspecified atom stereocenters. The lowest BCUT2D eigenvalue weighted by Crippen LogP contribution is -2.40. The molecule has 2 aromatic rings. The van der Waals surface area contributed by atoms with Gasteiger partial charge < -0.3 is 5.32 Å². The molecule has 3 rings (SSSR count). The number of rotatable bonds is 3. The molecule has 0 atom stereocenters. The molecule has 6 heteroatoms. The third kappa shape index (κ3) is 3.54. The molecule has 1 amide bonds. The summed E-state index contributed by atoms with van der Waals surface area (Å²) < 4.78 is 27.1. The van der Waals surface area contributed by atoms with Crippen LogP contribution in [0, 0.1) is 0 Å². The summed E-state index contributed by atoms with van der Waals surface area (Å²) in [6.07, 6.45) is 0.595. The zero-order valence-electron chi connectivity index (χ0n) is 14.6. The lowest BCUT2D eigenvalue weighted by Gasteiger charge is -2.21. The Kier molecular flexibility index (Phi) is 4.33. The van der Waals surface area contributed by atoms with Crippen molar-refractivity contribution in [1.29, 1.82) is 0 Å². The van der Waals surface area contributed by atoms with E-state index < -0.39 is 10.0 Å². The molecule has 1 aliphatic heterocycles. The highest BCUT2D eigenvalue weighted by Gasteiger charge is 2.31. The second-order valence-corrected chi connectivity index (χ2v) is 9.05. The number of hydrogen-bond donors (Lipinski definition) is 1. The number of anilines is 1. The maximum atomic E-state index is 12.9. The molecule has 0 aliphatic carbocycles. The van der Waals surface area contributed by atoms with E-state index in [4.69, 9.17) is 0 Å². The van der Waals surface area contributed by atoms with Crippen molar-refractivity contribution in [2.45, 2.75) is 37.6 Å². The molecular formula is C19H22N2O3S. The van der Waals surface area contributed by atoms with Crippen molar-refractivity contribution >= 4 is 21.6 Å². The lowest BCUT2D eigenvalue weighted by atomic mass is 10.1. The molecule has 25 heavy (non-hydrogen) atoms. The molecule has 1 aliphatic rings. The van der Waals surface area contributed by atoms with Crippen LogP contribution in [0.25, 0.3) is 0 Å². The van der Waals surface area contributed by atoms with Crippen molar-refractivity contribution in [3.05, 3.63) is 59.7 Å². The minimum absolute atomic E-state index is 0.153. The first-order chi connectivity index (χ1) is 11.7. The number of fused-ring (bicyclic) bond motifs is 1. The molecule has 0 radical (unpaired) electrons. The van der Waals surface area contributed by atoms with Gasteiger partial charge in [0.15, 0.2) is 0 Å². The standard InChI is InChI=1S/C19H22N2O3S/c1-19(2,3)20-18(22)15-9-10-17-14(13-15)11-12-21(17)25(23,24)16-7-5-4-6-8-16/h4-10,13H,11-12H2,1-3H3,(H,20,22). The number of amides is 1. The fraction of sp³-hybridized carbons (Fsp3) is 0.316. The fourth-order valence-corrected chi connectivity index (χ4v) is 4.42. The Morgan fingerprint density at radius 2 is 1.76 bits per heavy atom. The Bertz CT molecular complexity index is 900. The molecule has 0 bridgehead atoms. The van der Waals surface area contributed by atoms with Crippen LogP contribution in [-0.2, 0) is 16.4 Å². The summed E-state index contributed by atoms with van der Waals surface area (Å²) in [6, 6.07) is 13.6. The van der Waals surface area contributed by atoms with Crippen molar-refractivity contribution in [3.63, 3.8) is 0 Å². The number of hydrogen-bond acceptors (Lipinski definition) is 3. The predicted molar refractivity (Wildman–Crippen MR) is 98.3 cm³/mol. The molecule has 0 fully saturated rings. The second kappa shape index (κ2) is 6.19. The Balaban J connectivity index is 1.91. The van der Waals surface area contributed by atoms with E-state index in [0.29, 0.717) is 24.2 Å². The van der Waals surface area contributed by atoms with Gasteiger partial charge >= 0.3 is 0 Å². The number of carbonyl (C=O) groups excluding carboxylic acids is 1. The summed E-state index contributed by atoms with van der Waals surface area (Å²) in [5, 5.41) is 2.92. The van der Waals surface area contributed by atoms with E-state index in [2.05, 4.69) is 5.32 Å². The van der Waals surface area contributed by atoms with Gasteiger partial charge in [-0.15, -0.1) is 0 Å². The third-order valence-corrected chi connectivity index (χ3v) is 5.84. The van der Waals surface area contributed by atoms with Crippen LogP contribution < -0.4 is 9.62 Å². The smallest absolute Gasteiger partial charge is 0.264 e. The maximum Gasteiger partial charge on any atom is 0.264 e. The van der Waals surface area contributed by atoms with Crippen molar-refractivity contribution < 1.29 is 13.2 Å². The van der Waals surface area contributed by atoms with Crippen molar-refractivity contribution in [2.75, 3.05) is 10.8 Å². The number of nitrogens with one attached hydrogen (secondary N) is 1. The van der Waals surface area contributed by atoms with Crippen LogP contribution in [-0.4, -0.2) is 26.4 Å². The first kappa shape index (κ1) is 17.5. The zero-order valence-corrected chi connectivity index (χ0v) is 15.4. The average molecular weight is 358 g/mol. The quantitative estimate of drug-likeness (QED) is 0.917. The fourth-order valence-electron chi connectivity index (χ4n) is 2.89. The minimum atomic E-state index is -3.58. The topological polar surface area (TPSA) is 66.5 Å². The molecule has 2 aromatic carbocycles. The van der Waals surface area contributed by atoms with Crippen molar-refractivity contribution in [3.8, 4) is 0 Å². The minimum Gasteiger partial charge on any atom is -0.347 e. The van der Waals surface area contributed by atoms with E-state index in [9.17, 15) is 13.2 Å². The zero-order chi connectivity index (χ0) is 18.2. The largest absolute Gasteiger partial charge is 0.347 e. The Labute approximate surface area is 148 Å². The van der Waals surface area contributed by atoms with Gasteiger partial charge in [-0.05, 0) is 63.1 Å². The highest BCUT2D eigenvalue weighted by Crippen LogP contribution is 2.33. The average Bonchev–Trinajstić information content (AvgIpc) is 2.98. The third-order valence-electron chi connectivity index (χ3n) is 4.01. The summed E-state index contributed by atoms with van der Waals surface area (Å²) >= 11 is 0. The van der Waals surface area contributed by atoms with Gasteiger partial charge in [0.2, 0.25) is 0 Å². The van der Waals surface area contributed by atoms with Gasteiger partial charge in [0, 0.05) is 17.6 Å². The summed E-state index contributed by atoms with van der Waals surface area (Å²) in [6.45, 7) is 6.15. The van der Waals surface area contributed by atoms with Gasteiger partial charge in [-0.25, -0.2) is 8.42 Å². The maximum absolute atomic E-state index is 12.9. The summed E-state index contributed by atoms with van der Waals surface area (Å²) in [7, 11) is -3.58. The molecule has 0 saturated carbocycles. The van der Waals surface area contributed by atoms with E-state index in [0.717, 1.165) is 5.56 Å². The predicted octanol–water partition coefficient (Wildman–Crippen LogP) is 2.97. The summed E-state index contributed by atoms with van der Waals surface area (Å²) in [5.41, 5.74) is 1.75.